The number of amides is 2. The van der Waals surface area contributed by atoms with E-state index in [4.69, 9.17) is 0 Å². The van der Waals surface area contributed by atoms with E-state index in [1.165, 1.54) is 5.56 Å². The Morgan fingerprint density at radius 2 is 1.72 bits per heavy atom. The summed E-state index contributed by atoms with van der Waals surface area (Å²) in [6, 6.07) is 18.1. The molecule has 0 spiro atoms. The molecule has 2 amide bonds. The summed E-state index contributed by atoms with van der Waals surface area (Å²) in [5.41, 5.74) is 5.05. The lowest BCUT2D eigenvalue weighted by Gasteiger charge is -2.32. The molecule has 36 heavy (non-hydrogen) atoms. The van der Waals surface area contributed by atoms with Crippen LogP contribution in [0.1, 0.15) is 52.2 Å². The molecule has 1 N–H and O–H groups in total. The van der Waals surface area contributed by atoms with E-state index in [2.05, 4.69) is 32.5 Å². The molecule has 2 aliphatic heterocycles. The molecule has 7 heteroatoms. The Morgan fingerprint density at radius 1 is 0.944 bits per heavy atom. The SMILES string of the molecule is Cc1ccc(C)c(C(=O)N2CCC(c3ccc(NC(=O)C4CCN(c5cccnn5)C4)cc3)CC2)c1. The Morgan fingerprint density at radius 3 is 2.44 bits per heavy atom. The van der Waals surface area contributed by atoms with E-state index in [1.807, 2.05) is 61.2 Å². The van der Waals surface area contributed by atoms with Crippen LogP contribution >= 0.6 is 0 Å². The Hall–Kier alpha value is -3.74. The molecule has 3 heterocycles. The van der Waals surface area contributed by atoms with Crippen molar-refractivity contribution in [2.24, 2.45) is 5.92 Å². The standard InChI is InChI=1S/C29H33N5O2/c1-20-5-6-21(2)26(18-20)29(36)33-15-11-23(12-16-33)22-7-9-25(10-8-22)31-28(35)24-13-17-34(19-24)27-4-3-14-30-32-27/h3-10,14,18,23-24H,11-13,15-17,19H2,1-2H3,(H,31,35). The Kier molecular flexibility index (Phi) is 6.98. The van der Waals surface area contributed by atoms with Gasteiger partial charge in [-0.15, -0.1) is 5.10 Å². The maximum absolute atomic E-state index is 13.0. The van der Waals surface area contributed by atoms with E-state index >= 15 is 0 Å². The number of hydrogen-bond acceptors (Lipinski definition) is 5. The van der Waals surface area contributed by atoms with Crippen LogP contribution in [0.4, 0.5) is 11.5 Å². The van der Waals surface area contributed by atoms with Crippen molar-refractivity contribution in [2.75, 3.05) is 36.4 Å². The minimum atomic E-state index is -0.0643. The zero-order chi connectivity index (χ0) is 25.1. The normalized spacial score (nSPS) is 18.3. The number of piperidine rings is 1. The molecule has 2 saturated heterocycles. The lowest BCUT2D eigenvalue weighted by molar-refractivity contribution is -0.119. The molecular weight excluding hydrogens is 450 g/mol. The van der Waals surface area contributed by atoms with Crippen LogP contribution in [0.15, 0.2) is 60.8 Å². The molecular formula is C29H33N5O2. The van der Waals surface area contributed by atoms with Crippen molar-refractivity contribution in [2.45, 2.75) is 39.0 Å². The first kappa shape index (κ1) is 24.0. The van der Waals surface area contributed by atoms with Gasteiger partial charge in [0.1, 0.15) is 0 Å². The van der Waals surface area contributed by atoms with Crippen LogP contribution in [0.5, 0.6) is 0 Å². The molecule has 3 aromatic rings. The van der Waals surface area contributed by atoms with Gasteiger partial charge < -0.3 is 15.1 Å². The molecule has 1 atom stereocenters. The predicted molar refractivity (Wildman–Crippen MR) is 141 cm³/mol. The van der Waals surface area contributed by atoms with Crippen molar-refractivity contribution in [3.63, 3.8) is 0 Å². The van der Waals surface area contributed by atoms with E-state index in [-0.39, 0.29) is 17.7 Å². The summed E-state index contributed by atoms with van der Waals surface area (Å²) < 4.78 is 0. The maximum Gasteiger partial charge on any atom is 0.254 e. The largest absolute Gasteiger partial charge is 0.354 e. The third kappa shape index (κ3) is 5.25. The van der Waals surface area contributed by atoms with E-state index in [9.17, 15) is 9.59 Å². The first-order valence-corrected chi connectivity index (χ1v) is 12.8. The van der Waals surface area contributed by atoms with Gasteiger partial charge in [0.05, 0.1) is 5.92 Å². The van der Waals surface area contributed by atoms with Gasteiger partial charge in [-0.2, -0.15) is 5.10 Å². The highest BCUT2D eigenvalue weighted by molar-refractivity contribution is 5.96. The van der Waals surface area contributed by atoms with Crippen molar-refractivity contribution in [1.82, 2.24) is 15.1 Å². The van der Waals surface area contributed by atoms with Gasteiger partial charge in [-0.05, 0) is 80.5 Å². The quantitative estimate of drug-likeness (QED) is 0.575. The lowest BCUT2D eigenvalue weighted by Crippen LogP contribution is -2.38. The molecule has 0 radical (unpaired) electrons. The van der Waals surface area contributed by atoms with Crippen LogP contribution in [0.3, 0.4) is 0 Å². The van der Waals surface area contributed by atoms with Crippen molar-refractivity contribution >= 4 is 23.3 Å². The lowest BCUT2D eigenvalue weighted by atomic mass is 9.89. The summed E-state index contributed by atoms with van der Waals surface area (Å²) in [7, 11) is 0. The zero-order valence-corrected chi connectivity index (χ0v) is 21.0. The van der Waals surface area contributed by atoms with Crippen LogP contribution in [0, 0.1) is 19.8 Å². The van der Waals surface area contributed by atoms with Crippen LogP contribution in [0.2, 0.25) is 0 Å². The number of nitrogens with zero attached hydrogens (tertiary/aromatic N) is 4. The van der Waals surface area contributed by atoms with Crippen LogP contribution in [0.25, 0.3) is 0 Å². The molecule has 1 aromatic heterocycles. The summed E-state index contributed by atoms with van der Waals surface area (Å²) in [6.07, 6.45) is 4.35. The average Bonchev–Trinajstić information content (AvgIpc) is 3.42. The third-order valence-corrected chi connectivity index (χ3v) is 7.50. The molecule has 0 aliphatic carbocycles. The van der Waals surface area contributed by atoms with E-state index < -0.39 is 0 Å². The van der Waals surface area contributed by atoms with E-state index in [0.717, 1.165) is 67.1 Å². The number of nitrogens with one attached hydrogen (secondary N) is 1. The van der Waals surface area contributed by atoms with Crippen LogP contribution in [-0.4, -0.2) is 53.1 Å². The van der Waals surface area contributed by atoms with Gasteiger partial charge in [0.15, 0.2) is 5.82 Å². The van der Waals surface area contributed by atoms with Crippen molar-refractivity contribution in [3.8, 4) is 0 Å². The second-order valence-corrected chi connectivity index (χ2v) is 10.0. The highest BCUT2D eigenvalue weighted by atomic mass is 16.2. The Bertz CT molecular complexity index is 1220. The monoisotopic (exact) mass is 483 g/mol. The highest BCUT2D eigenvalue weighted by Crippen LogP contribution is 2.30. The van der Waals surface area contributed by atoms with Crippen molar-refractivity contribution in [1.29, 1.82) is 0 Å². The van der Waals surface area contributed by atoms with E-state index in [1.54, 1.807) is 6.20 Å². The molecule has 2 fully saturated rings. The van der Waals surface area contributed by atoms with Gasteiger partial charge in [0.25, 0.3) is 5.91 Å². The molecule has 0 bridgehead atoms. The summed E-state index contributed by atoms with van der Waals surface area (Å²) in [5.74, 6) is 1.36. The maximum atomic E-state index is 13.0. The first-order chi connectivity index (χ1) is 17.5. The average molecular weight is 484 g/mol. The topological polar surface area (TPSA) is 78.4 Å². The number of aryl methyl sites for hydroxylation is 2. The number of rotatable bonds is 5. The van der Waals surface area contributed by atoms with Crippen molar-refractivity contribution < 1.29 is 9.59 Å². The van der Waals surface area contributed by atoms with Gasteiger partial charge in [0, 0.05) is 43.6 Å². The number of benzene rings is 2. The number of carbonyl (C=O) groups is 2. The summed E-state index contributed by atoms with van der Waals surface area (Å²) in [5, 5.41) is 11.2. The molecule has 0 saturated carbocycles. The molecule has 7 nitrogen and oxygen atoms in total. The number of hydrogen-bond donors (Lipinski definition) is 1. The fraction of sp³-hybridized carbons (Fsp3) is 0.379. The fourth-order valence-electron chi connectivity index (χ4n) is 5.28. The summed E-state index contributed by atoms with van der Waals surface area (Å²) in [6.45, 7) is 7.01. The number of likely N-dealkylation sites (tertiary alicyclic amines) is 1. The smallest absolute Gasteiger partial charge is 0.254 e. The number of anilines is 2. The zero-order valence-electron chi connectivity index (χ0n) is 21.0. The molecule has 186 valence electrons. The Labute approximate surface area is 212 Å². The summed E-state index contributed by atoms with van der Waals surface area (Å²) >= 11 is 0. The van der Waals surface area contributed by atoms with Gasteiger partial charge >= 0.3 is 0 Å². The van der Waals surface area contributed by atoms with Gasteiger partial charge in [-0.1, -0.05) is 29.8 Å². The molecule has 2 aromatic carbocycles. The van der Waals surface area contributed by atoms with Gasteiger partial charge in [-0.25, -0.2) is 0 Å². The molecule has 2 aliphatic rings. The first-order valence-electron chi connectivity index (χ1n) is 12.8. The molecule has 5 rings (SSSR count). The number of aromatic nitrogens is 2. The van der Waals surface area contributed by atoms with Crippen LogP contribution < -0.4 is 10.2 Å². The second kappa shape index (κ2) is 10.5. The highest BCUT2D eigenvalue weighted by Gasteiger charge is 2.29. The van der Waals surface area contributed by atoms with Crippen molar-refractivity contribution in [3.05, 3.63) is 83.0 Å². The van der Waals surface area contributed by atoms with E-state index in [0.29, 0.717) is 12.5 Å². The second-order valence-electron chi connectivity index (χ2n) is 10.0. The number of carbonyl (C=O) groups excluding carboxylic acids is 2. The fourth-order valence-corrected chi connectivity index (χ4v) is 5.28. The third-order valence-electron chi connectivity index (χ3n) is 7.50. The molecule has 1 unspecified atom stereocenters. The van der Waals surface area contributed by atoms with Gasteiger partial charge in [-0.3, -0.25) is 9.59 Å². The minimum absolute atomic E-state index is 0.0485. The summed E-state index contributed by atoms with van der Waals surface area (Å²) in [4.78, 5) is 30.0. The van der Waals surface area contributed by atoms with Crippen LogP contribution in [-0.2, 0) is 4.79 Å². The van der Waals surface area contributed by atoms with Gasteiger partial charge in [0.2, 0.25) is 5.91 Å². The minimum Gasteiger partial charge on any atom is -0.354 e. The Balaban J connectivity index is 1.13. The predicted octanol–water partition coefficient (Wildman–Crippen LogP) is 4.58.